The van der Waals surface area contributed by atoms with Gasteiger partial charge in [0.15, 0.2) is 5.78 Å². The minimum absolute atomic E-state index is 0.0368. The maximum Gasteiger partial charge on any atom is 0.184 e. The largest absolute Gasteiger partial charge is 0.497 e. The topological polar surface area (TPSA) is 46.5 Å². The highest BCUT2D eigenvalue weighted by Gasteiger charge is 2.52. The van der Waals surface area contributed by atoms with Crippen molar-refractivity contribution < 1.29 is 14.6 Å². The van der Waals surface area contributed by atoms with Crippen LogP contribution in [-0.4, -0.2) is 24.6 Å². The number of allylic oxidation sites excluding steroid dienone is 1. The van der Waals surface area contributed by atoms with Crippen LogP contribution in [0.3, 0.4) is 0 Å². The first-order chi connectivity index (χ1) is 11.6. The van der Waals surface area contributed by atoms with E-state index in [1.807, 2.05) is 0 Å². The van der Waals surface area contributed by atoms with E-state index in [0.717, 1.165) is 37.0 Å². The summed E-state index contributed by atoms with van der Waals surface area (Å²) in [4.78, 5) is 12.2. The van der Waals surface area contributed by atoms with Crippen LogP contribution in [-0.2, 0) is 11.2 Å². The average Bonchev–Trinajstić information content (AvgIpc) is 2.97. The Kier molecular flexibility index (Phi) is 3.80. The highest BCUT2D eigenvalue weighted by atomic mass is 16.5. The summed E-state index contributed by atoms with van der Waals surface area (Å²) in [6, 6.07) is 6.55. The lowest BCUT2D eigenvalue weighted by molar-refractivity contribution is -0.119. The fraction of sp³-hybridized carbons (Fsp3) is 0.571. The van der Waals surface area contributed by atoms with Crippen LogP contribution < -0.4 is 4.74 Å². The maximum absolute atomic E-state index is 12.2. The predicted molar refractivity (Wildman–Crippen MR) is 93.2 cm³/mol. The number of fused-ring (bicyclic) bond motifs is 5. The molecule has 1 aromatic rings. The molecular weight excluding hydrogens is 300 g/mol. The Morgan fingerprint density at radius 3 is 2.96 bits per heavy atom. The molecule has 24 heavy (non-hydrogen) atoms. The normalized spacial score (nSPS) is 34.0. The number of carbonyl (C=O) groups is 1. The number of hydrogen-bond donors (Lipinski definition) is 1. The molecule has 0 aliphatic heterocycles. The summed E-state index contributed by atoms with van der Waals surface area (Å²) in [6.45, 7) is 1.90. The van der Waals surface area contributed by atoms with Gasteiger partial charge in [-0.1, -0.05) is 19.1 Å². The molecule has 0 spiro atoms. The van der Waals surface area contributed by atoms with Crippen molar-refractivity contribution in [3.63, 3.8) is 0 Å². The number of hydrogen-bond acceptors (Lipinski definition) is 3. The summed E-state index contributed by atoms with van der Waals surface area (Å²) in [7, 11) is 1.73. The molecule has 0 radical (unpaired) electrons. The molecule has 0 unspecified atom stereocenters. The van der Waals surface area contributed by atoms with E-state index in [-0.39, 0.29) is 17.8 Å². The summed E-state index contributed by atoms with van der Waals surface area (Å²) >= 11 is 0. The monoisotopic (exact) mass is 326 g/mol. The van der Waals surface area contributed by atoms with Crippen LogP contribution in [0.2, 0.25) is 0 Å². The molecule has 0 bridgehead atoms. The number of methoxy groups -OCH3 is 1. The zero-order valence-electron chi connectivity index (χ0n) is 14.5. The van der Waals surface area contributed by atoms with Crippen LogP contribution in [0.5, 0.6) is 5.75 Å². The molecule has 3 aliphatic rings. The smallest absolute Gasteiger partial charge is 0.184 e. The molecule has 128 valence electrons. The van der Waals surface area contributed by atoms with Crippen LogP contribution in [0.4, 0.5) is 0 Å². The second-order valence-corrected chi connectivity index (χ2v) is 7.87. The lowest BCUT2D eigenvalue weighted by Crippen LogP contribution is -2.42. The van der Waals surface area contributed by atoms with Crippen molar-refractivity contribution in [3.05, 3.63) is 41.0 Å². The van der Waals surface area contributed by atoms with Crippen molar-refractivity contribution in [2.75, 3.05) is 13.7 Å². The Labute approximate surface area is 143 Å². The van der Waals surface area contributed by atoms with E-state index in [9.17, 15) is 9.90 Å². The molecule has 1 saturated carbocycles. The van der Waals surface area contributed by atoms with Crippen LogP contribution in [0.15, 0.2) is 29.8 Å². The molecule has 1 aromatic carbocycles. The summed E-state index contributed by atoms with van der Waals surface area (Å²) in [5.41, 5.74) is 3.80. The summed E-state index contributed by atoms with van der Waals surface area (Å²) in [5, 5.41) is 9.31. The number of ketones is 1. The van der Waals surface area contributed by atoms with Crippen LogP contribution >= 0.6 is 0 Å². The number of aliphatic hydroxyl groups is 1. The molecule has 3 aliphatic carbocycles. The Bertz CT molecular complexity index is 705. The maximum atomic E-state index is 12.2. The van der Waals surface area contributed by atoms with Gasteiger partial charge in [-0.25, -0.2) is 0 Å². The number of ether oxygens (including phenoxy) is 1. The van der Waals surface area contributed by atoms with Crippen molar-refractivity contribution in [2.24, 2.45) is 17.3 Å². The fourth-order valence-electron chi connectivity index (χ4n) is 5.77. The van der Waals surface area contributed by atoms with E-state index < -0.39 is 0 Å². The van der Waals surface area contributed by atoms with Crippen LogP contribution in [0, 0.1) is 17.3 Å². The molecule has 0 aromatic heterocycles. The average molecular weight is 326 g/mol. The molecule has 0 heterocycles. The van der Waals surface area contributed by atoms with Crippen molar-refractivity contribution >= 4 is 5.78 Å². The molecule has 0 saturated heterocycles. The van der Waals surface area contributed by atoms with E-state index in [2.05, 4.69) is 31.2 Å². The minimum Gasteiger partial charge on any atom is -0.497 e. The summed E-state index contributed by atoms with van der Waals surface area (Å²) in [5.74, 6) is 2.67. The zero-order valence-corrected chi connectivity index (χ0v) is 14.5. The van der Waals surface area contributed by atoms with Crippen molar-refractivity contribution in [1.82, 2.24) is 0 Å². The second-order valence-electron chi connectivity index (χ2n) is 7.87. The molecule has 1 N–H and O–H groups in total. The van der Waals surface area contributed by atoms with Crippen molar-refractivity contribution in [2.45, 2.75) is 44.9 Å². The molecule has 4 rings (SSSR count). The zero-order chi connectivity index (χ0) is 16.9. The number of Topliss-reactive ketones (excluding diaryl/α,β-unsaturated/α-hetero) is 1. The summed E-state index contributed by atoms with van der Waals surface area (Å²) < 4.78 is 5.38. The van der Waals surface area contributed by atoms with Crippen LogP contribution in [0.25, 0.3) is 0 Å². The number of aryl methyl sites for hydroxylation is 1. The third-order valence-electron chi connectivity index (χ3n) is 6.96. The van der Waals surface area contributed by atoms with E-state index in [1.54, 1.807) is 7.11 Å². The third-order valence-corrected chi connectivity index (χ3v) is 6.96. The van der Waals surface area contributed by atoms with E-state index in [4.69, 9.17) is 4.74 Å². The van der Waals surface area contributed by atoms with E-state index in [0.29, 0.717) is 17.8 Å². The van der Waals surface area contributed by atoms with Gasteiger partial charge in [0, 0.05) is 0 Å². The quantitative estimate of drug-likeness (QED) is 0.922. The van der Waals surface area contributed by atoms with Gasteiger partial charge < -0.3 is 9.84 Å². The Balaban J connectivity index is 1.65. The molecule has 3 heteroatoms. The van der Waals surface area contributed by atoms with Gasteiger partial charge in [0.2, 0.25) is 0 Å². The van der Waals surface area contributed by atoms with Gasteiger partial charge in [-0.15, -0.1) is 0 Å². The molecular formula is C21H26O3. The number of benzene rings is 1. The first-order valence-electron chi connectivity index (χ1n) is 9.10. The molecule has 0 amide bonds. The molecule has 4 atom stereocenters. The third kappa shape index (κ3) is 2.17. The van der Waals surface area contributed by atoms with Gasteiger partial charge in [-0.05, 0) is 84.1 Å². The highest BCUT2D eigenvalue weighted by molar-refractivity contribution is 5.98. The predicted octanol–water partition coefficient (Wildman–Crippen LogP) is 3.65. The van der Waals surface area contributed by atoms with Gasteiger partial charge in [-0.3, -0.25) is 4.79 Å². The van der Waals surface area contributed by atoms with Gasteiger partial charge in [0.05, 0.1) is 7.11 Å². The van der Waals surface area contributed by atoms with Gasteiger partial charge in [0.25, 0.3) is 0 Å². The number of aliphatic hydroxyl groups excluding tert-OH is 1. The van der Waals surface area contributed by atoms with Gasteiger partial charge >= 0.3 is 0 Å². The Morgan fingerprint density at radius 2 is 2.21 bits per heavy atom. The first-order valence-corrected chi connectivity index (χ1v) is 9.10. The van der Waals surface area contributed by atoms with Gasteiger partial charge in [0.1, 0.15) is 12.4 Å². The summed E-state index contributed by atoms with van der Waals surface area (Å²) in [6.07, 6.45) is 7.58. The van der Waals surface area contributed by atoms with Crippen molar-refractivity contribution in [1.29, 1.82) is 0 Å². The Morgan fingerprint density at radius 1 is 1.38 bits per heavy atom. The highest BCUT2D eigenvalue weighted by Crippen LogP contribution is 2.61. The molecule has 3 nitrogen and oxygen atoms in total. The first kappa shape index (κ1) is 15.9. The fourth-order valence-corrected chi connectivity index (χ4v) is 5.77. The van der Waals surface area contributed by atoms with E-state index in [1.165, 1.54) is 17.5 Å². The lowest BCUT2D eigenvalue weighted by Gasteiger charge is -2.50. The lowest BCUT2D eigenvalue weighted by atomic mass is 9.54. The second kappa shape index (κ2) is 5.73. The van der Waals surface area contributed by atoms with Gasteiger partial charge in [-0.2, -0.15) is 0 Å². The van der Waals surface area contributed by atoms with Crippen molar-refractivity contribution in [3.8, 4) is 5.75 Å². The number of carbonyl (C=O) groups excluding carboxylic acids is 1. The molecule has 1 fully saturated rings. The van der Waals surface area contributed by atoms with E-state index >= 15 is 0 Å². The SMILES string of the molecule is COc1ccc2c(c1)CC[C@@H]1[C@@H]2CC[C@]2(C)C(C(=O)CO)=CC[C@@H]12. The standard InChI is InChI=1S/C21H26O3/c1-21-10-9-16-15-6-4-14(24-2)11-13(15)3-5-17(16)18(21)7-8-19(21)20(23)12-22/h4,6,8,11,16-18,22H,3,5,7,9-10,12H2,1-2H3/t16-,17-,18+,21+/m1/s1. The minimum atomic E-state index is -0.356. The Hall–Kier alpha value is -1.61. The van der Waals surface area contributed by atoms with Crippen LogP contribution in [0.1, 0.15) is 49.7 Å². The number of rotatable bonds is 3.